The Morgan fingerprint density at radius 2 is 1.78 bits per heavy atom. The maximum absolute atomic E-state index is 13.2. The monoisotopic (exact) mass is 477 g/mol. The molecule has 2 aromatic rings. The Labute approximate surface area is 193 Å². The van der Waals surface area contributed by atoms with E-state index in [1.54, 1.807) is 6.07 Å². The van der Waals surface area contributed by atoms with Gasteiger partial charge in [-0.1, -0.05) is 30.9 Å². The number of benzene rings is 1. The first-order valence-corrected chi connectivity index (χ1v) is 12.8. The number of hydrogen-bond donors (Lipinski definition) is 3. The van der Waals surface area contributed by atoms with Crippen LogP contribution in [0.1, 0.15) is 42.5 Å². The maximum atomic E-state index is 13.2. The van der Waals surface area contributed by atoms with Crippen LogP contribution >= 0.6 is 11.6 Å². The number of halogens is 1. The van der Waals surface area contributed by atoms with Crippen molar-refractivity contribution in [3.63, 3.8) is 0 Å². The van der Waals surface area contributed by atoms with E-state index in [0.717, 1.165) is 51.9 Å². The van der Waals surface area contributed by atoms with Gasteiger partial charge in [-0.3, -0.25) is 9.52 Å². The largest absolute Gasteiger partial charge is 0.353 e. The van der Waals surface area contributed by atoms with E-state index in [2.05, 4.69) is 25.2 Å². The third-order valence-corrected chi connectivity index (χ3v) is 7.49. The predicted octanol–water partition coefficient (Wildman–Crippen LogP) is 3.01. The summed E-state index contributed by atoms with van der Waals surface area (Å²) in [6.45, 7) is 3.06. The van der Waals surface area contributed by atoms with Gasteiger partial charge in [-0.25, -0.2) is 13.4 Å². The van der Waals surface area contributed by atoms with Gasteiger partial charge in [0, 0.05) is 37.2 Å². The van der Waals surface area contributed by atoms with Crippen molar-refractivity contribution in [1.29, 1.82) is 0 Å². The van der Waals surface area contributed by atoms with Gasteiger partial charge in [0.05, 0.1) is 22.3 Å². The van der Waals surface area contributed by atoms with Gasteiger partial charge in [0.1, 0.15) is 5.82 Å². The Morgan fingerprint density at radius 3 is 2.47 bits per heavy atom. The molecule has 2 heterocycles. The second kappa shape index (κ2) is 10.1. The SMILES string of the molecule is O=C(NC1CCCCC1)c1cc(NS(=O)(=O)c2ccc(Cl)cc2)cnc1N1CCNCC1. The number of carbonyl (C=O) groups is 1. The molecule has 0 atom stereocenters. The molecule has 1 saturated carbocycles. The molecule has 10 heteroatoms. The normalized spacial score (nSPS) is 17.7. The quantitative estimate of drug-likeness (QED) is 0.591. The number of rotatable bonds is 6. The third kappa shape index (κ3) is 5.51. The van der Waals surface area contributed by atoms with Crippen LogP contribution in [0.15, 0.2) is 41.4 Å². The standard InChI is InChI=1S/C22H28ClN5O3S/c23-16-6-8-19(9-7-16)32(30,31)27-18-14-20(22(29)26-17-4-2-1-3-5-17)21(25-15-18)28-12-10-24-11-13-28/h6-9,14-15,17,24,27H,1-5,10-13H2,(H,26,29). The van der Waals surface area contributed by atoms with E-state index in [0.29, 0.717) is 16.4 Å². The highest BCUT2D eigenvalue weighted by molar-refractivity contribution is 7.92. The van der Waals surface area contributed by atoms with Crippen molar-refractivity contribution in [2.24, 2.45) is 0 Å². The molecule has 0 bridgehead atoms. The Balaban J connectivity index is 1.61. The van der Waals surface area contributed by atoms with E-state index in [1.807, 2.05) is 0 Å². The van der Waals surface area contributed by atoms with E-state index in [-0.39, 0.29) is 22.5 Å². The van der Waals surface area contributed by atoms with Crippen molar-refractivity contribution in [3.8, 4) is 0 Å². The summed E-state index contributed by atoms with van der Waals surface area (Å²) in [4.78, 5) is 19.9. The fraction of sp³-hybridized carbons (Fsp3) is 0.455. The number of amides is 1. The number of sulfonamides is 1. The molecule has 1 aromatic heterocycles. The number of piperazine rings is 1. The molecule has 1 aliphatic heterocycles. The smallest absolute Gasteiger partial charge is 0.261 e. The molecule has 0 radical (unpaired) electrons. The zero-order valence-electron chi connectivity index (χ0n) is 17.8. The number of hydrogen-bond acceptors (Lipinski definition) is 6. The number of anilines is 2. The summed E-state index contributed by atoms with van der Waals surface area (Å²) in [5.74, 6) is 0.361. The summed E-state index contributed by atoms with van der Waals surface area (Å²) >= 11 is 5.87. The lowest BCUT2D eigenvalue weighted by Crippen LogP contribution is -2.45. The van der Waals surface area contributed by atoms with E-state index >= 15 is 0 Å². The van der Waals surface area contributed by atoms with Gasteiger partial charge in [0.15, 0.2) is 0 Å². The molecule has 4 rings (SSSR count). The first-order valence-electron chi connectivity index (χ1n) is 11.0. The summed E-state index contributed by atoms with van der Waals surface area (Å²) in [7, 11) is -3.84. The second-order valence-corrected chi connectivity index (χ2v) is 10.3. The van der Waals surface area contributed by atoms with Crippen molar-refractivity contribution >= 4 is 39.0 Å². The van der Waals surface area contributed by atoms with Gasteiger partial charge in [0.2, 0.25) is 0 Å². The van der Waals surface area contributed by atoms with Gasteiger partial charge in [-0.05, 0) is 43.2 Å². The molecule has 1 aliphatic carbocycles. The Morgan fingerprint density at radius 1 is 1.09 bits per heavy atom. The number of pyridine rings is 1. The summed E-state index contributed by atoms with van der Waals surface area (Å²) in [6, 6.07) is 7.63. The van der Waals surface area contributed by atoms with Gasteiger partial charge in [-0.2, -0.15) is 0 Å². The van der Waals surface area contributed by atoms with Crippen LogP contribution in [0.2, 0.25) is 5.02 Å². The van der Waals surface area contributed by atoms with Crippen LogP contribution in [-0.4, -0.2) is 51.5 Å². The number of aromatic nitrogens is 1. The molecule has 3 N–H and O–H groups in total. The van der Waals surface area contributed by atoms with Crippen LogP contribution in [0.25, 0.3) is 0 Å². The van der Waals surface area contributed by atoms with Crippen molar-refractivity contribution in [2.75, 3.05) is 35.8 Å². The van der Waals surface area contributed by atoms with E-state index in [1.165, 1.54) is 36.9 Å². The molecule has 1 aromatic carbocycles. The van der Waals surface area contributed by atoms with Crippen LogP contribution in [0.3, 0.4) is 0 Å². The molecule has 1 amide bonds. The molecule has 0 unspecified atom stereocenters. The topological polar surface area (TPSA) is 103 Å². The second-order valence-electron chi connectivity index (χ2n) is 8.20. The minimum Gasteiger partial charge on any atom is -0.353 e. The first-order chi connectivity index (χ1) is 15.4. The Hall–Kier alpha value is -2.36. The molecule has 1 saturated heterocycles. The Kier molecular flexibility index (Phi) is 7.17. The van der Waals surface area contributed by atoms with E-state index < -0.39 is 10.0 Å². The first kappa shape index (κ1) is 22.8. The average Bonchev–Trinajstić information content (AvgIpc) is 2.80. The molecule has 172 valence electrons. The van der Waals surface area contributed by atoms with Crippen molar-refractivity contribution in [2.45, 2.75) is 43.0 Å². The highest BCUT2D eigenvalue weighted by Crippen LogP contribution is 2.25. The average molecular weight is 478 g/mol. The molecule has 0 spiro atoms. The molecule has 2 aliphatic rings. The molecular formula is C22H28ClN5O3S. The van der Waals surface area contributed by atoms with Crippen LogP contribution < -0.4 is 20.3 Å². The number of nitrogens with zero attached hydrogens (tertiary/aromatic N) is 2. The van der Waals surface area contributed by atoms with Gasteiger partial charge >= 0.3 is 0 Å². The number of carbonyl (C=O) groups excluding carboxylic acids is 1. The van der Waals surface area contributed by atoms with Crippen LogP contribution in [0, 0.1) is 0 Å². The van der Waals surface area contributed by atoms with Gasteiger partial charge < -0.3 is 15.5 Å². The summed E-state index contributed by atoms with van der Waals surface area (Å²) in [6.07, 6.45) is 6.80. The third-order valence-electron chi connectivity index (χ3n) is 5.84. The molecule has 32 heavy (non-hydrogen) atoms. The van der Waals surface area contributed by atoms with Crippen LogP contribution in [0.4, 0.5) is 11.5 Å². The minimum atomic E-state index is -3.84. The highest BCUT2D eigenvalue weighted by Gasteiger charge is 2.24. The lowest BCUT2D eigenvalue weighted by atomic mass is 9.95. The lowest BCUT2D eigenvalue weighted by Gasteiger charge is -2.30. The summed E-state index contributed by atoms with van der Waals surface area (Å²) in [5.41, 5.74) is 0.626. The zero-order valence-corrected chi connectivity index (χ0v) is 19.4. The molecular weight excluding hydrogens is 450 g/mol. The van der Waals surface area contributed by atoms with Crippen molar-refractivity contribution in [3.05, 3.63) is 47.1 Å². The van der Waals surface area contributed by atoms with Crippen molar-refractivity contribution < 1.29 is 13.2 Å². The fourth-order valence-electron chi connectivity index (χ4n) is 4.15. The summed E-state index contributed by atoms with van der Waals surface area (Å²) in [5, 5.41) is 6.87. The van der Waals surface area contributed by atoms with Gasteiger partial charge in [-0.15, -0.1) is 0 Å². The van der Waals surface area contributed by atoms with E-state index in [4.69, 9.17) is 11.6 Å². The highest BCUT2D eigenvalue weighted by atomic mass is 35.5. The maximum Gasteiger partial charge on any atom is 0.261 e. The fourth-order valence-corrected chi connectivity index (χ4v) is 5.31. The zero-order chi connectivity index (χ0) is 22.6. The van der Waals surface area contributed by atoms with Crippen LogP contribution in [-0.2, 0) is 10.0 Å². The lowest BCUT2D eigenvalue weighted by molar-refractivity contribution is 0.0928. The number of nitrogens with one attached hydrogen (secondary N) is 3. The predicted molar refractivity (Wildman–Crippen MR) is 126 cm³/mol. The summed E-state index contributed by atoms with van der Waals surface area (Å²) < 4.78 is 28.1. The molecule has 8 nitrogen and oxygen atoms in total. The van der Waals surface area contributed by atoms with Crippen molar-refractivity contribution in [1.82, 2.24) is 15.6 Å². The van der Waals surface area contributed by atoms with E-state index in [9.17, 15) is 13.2 Å². The van der Waals surface area contributed by atoms with Crippen LogP contribution in [0.5, 0.6) is 0 Å². The molecule has 2 fully saturated rings. The Bertz CT molecular complexity index is 1050. The van der Waals surface area contributed by atoms with Gasteiger partial charge in [0.25, 0.3) is 15.9 Å². The minimum absolute atomic E-state index is 0.0845.